The Morgan fingerprint density at radius 2 is 1.33 bits per heavy atom. The molecule has 1 N–H and O–H groups in total. The van der Waals surface area contributed by atoms with E-state index in [1.54, 1.807) is 0 Å². The number of fused-ring (bicyclic) bond motifs is 9. The lowest BCUT2D eigenvalue weighted by molar-refractivity contribution is 0.141. The van der Waals surface area contributed by atoms with E-state index in [9.17, 15) is 0 Å². The zero-order valence-corrected chi connectivity index (χ0v) is 23.4. The lowest BCUT2D eigenvalue weighted by atomic mass is 9.66. The zero-order valence-electron chi connectivity index (χ0n) is 23.4. The van der Waals surface area contributed by atoms with Gasteiger partial charge >= 0.3 is 0 Å². The summed E-state index contributed by atoms with van der Waals surface area (Å²) in [5.41, 5.74) is 13.3. The monoisotopic (exact) mass is 556 g/mol. The molecule has 9 rings (SSSR count). The molecule has 0 bridgehead atoms. The van der Waals surface area contributed by atoms with E-state index in [2.05, 4.69) is 150 Å². The average Bonchev–Trinajstić information content (AvgIpc) is 3.68. The van der Waals surface area contributed by atoms with Crippen LogP contribution in [0.1, 0.15) is 34.2 Å². The molecule has 2 aliphatic heterocycles. The van der Waals surface area contributed by atoms with Crippen LogP contribution in [0.15, 0.2) is 145 Å². The van der Waals surface area contributed by atoms with Crippen LogP contribution in [0.2, 0.25) is 0 Å². The highest BCUT2D eigenvalue weighted by Crippen LogP contribution is 2.62. The summed E-state index contributed by atoms with van der Waals surface area (Å²) >= 11 is 0. The Labute approximate surface area is 250 Å². The number of rotatable bonds is 3. The van der Waals surface area contributed by atoms with Gasteiger partial charge in [0.2, 0.25) is 5.90 Å². The molecular formula is C39H28N2O2. The molecule has 43 heavy (non-hydrogen) atoms. The number of ether oxygens (including phenoxy) is 2. The predicted molar refractivity (Wildman–Crippen MR) is 170 cm³/mol. The molecule has 0 fully saturated rings. The highest BCUT2D eigenvalue weighted by molar-refractivity contribution is 5.96. The largest absolute Gasteiger partial charge is 0.457 e. The zero-order chi connectivity index (χ0) is 28.4. The number of nitrogens with one attached hydrogen (secondary N) is 1. The summed E-state index contributed by atoms with van der Waals surface area (Å²) in [5, 5.41) is 4.55. The van der Waals surface area contributed by atoms with Gasteiger partial charge in [-0.1, -0.05) is 115 Å². The summed E-state index contributed by atoms with van der Waals surface area (Å²) in [6.45, 7) is 0. The number of para-hydroxylation sites is 1. The van der Waals surface area contributed by atoms with E-state index in [1.165, 1.54) is 27.8 Å². The minimum atomic E-state index is -0.451. The number of allylic oxidation sites excluding steroid dienone is 3. The summed E-state index contributed by atoms with van der Waals surface area (Å²) in [6.07, 6.45) is 9.26. The Kier molecular flexibility index (Phi) is 5.27. The van der Waals surface area contributed by atoms with Gasteiger partial charge in [-0.25, -0.2) is 0 Å². The summed E-state index contributed by atoms with van der Waals surface area (Å²) in [7, 11) is 0. The van der Waals surface area contributed by atoms with Crippen molar-refractivity contribution in [1.82, 2.24) is 5.43 Å². The fraction of sp³-hybridized carbons (Fsp3) is 0.103. The third-order valence-corrected chi connectivity index (χ3v) is 9.23. The SMILES string of the molecule is C1=CCC(C2NN=C(c3cccc(-c4ccc5c(c4)Oc4ccccc4C54c5ccccc5-c5ccccc54)c3)O2)C=C1. The van der Waals surface area contributed by atoms with E-state index in [4.69, 9.17) is 9.47 Å². The van der Waals surface area contributed by atoms with Gasteiger partial charge in [0.25, 0.3) is 0 Å². The number of benzene rings is 5. The van der Waals surface area contributed by atoms with Crippen molar-refractivity contribution in [1.29, 1.82) is 0 Å². The number of nitrogens with zero attached hydrogens (tertiary/aromatic N) is 1. The van der Waals surface area contributed by atoms with Crippen LogP contribution in [-0.4, -0.2) is 12.1 Å². The van der Waals surface area contributed by atoms with Gasteiger partial charge in [-0.05, 0) is 64.1 Å². The molecule has 4 aliphatic rings. The molecule has 2 heterocycles. The minimum Gasteiger partial charge on any atom is -0.457 e. The summed E-state index contributed by atoms with van der Waals surface area (Å²) in [5.74, 6) is 2.65. The van der Waals surface area contributed by atoms with E-state index in [1.807, 2.05) is 0 Å². The third-order valence-electron chi connectivity index (χ3n) is 9.23. The molecule has 0 aromatic heterocycles. The minimum absolute atomic E-state index is 0.162. The first-order valence-corrected chi connectivity index (χ1v) is 14.9. The first kappa shape index (κ1) is 24.3. The quantitative estimate of drug-likeness (QED) is 0.237. The molecule has 2 unspecified atom stereocenters. The second kappa shape index (κ2) is 9.33. The summed E-state index contributed by atoms with van der Waals surface area (Å²) < 4.78 is 13.0. The maximum Gasteiger partial charge on any atom is 0.240 e. The molecule has 4 nitrogen and oxygen atoms in total. The summed E-state index contributed by atoms with van der Waals surface area (Å²) in [6, 6.07) is 41.2. The van der Waals surface area contributed by atoms with Crippen molar-refractivity contribution in [2.75, 3.05) is 0 Å². The highest BCUT2D eigenvalue weighted by Gasteiger charge is 2.50. The molecule has 206 valence electrons. The van der Waals surface area contributed by atoms with Crippen molar-refractivity contribution in [3.05, 3.63) is 167 Å². The molecule has 5 aromatic rings. The molecule has 0 saturated heterocycles. The van der Waals surface area contributed by atoms with Crippen molar-refractivity contribution >= 4 is 5.90 Å². The van der Waals surface area contributed by atoms with Crippen LogP contribution in [0.3, 0.4) is 0 Å². The smallest absolute Gasteiger partial charge is 0.240 e. The maximum atomic E-state index is 6.70. The Morgan fingerprint density at radius 3 is 2.12 bits per heavy atom. The predicted octanol–water partition coefficient (Wildman–Crippen LogP) is 8.56. The van der Waals surface area contributed by atoms with Crippen LogP contribution in [0, 0.1) is 5.92 Å². The summed E-state index contributed by atoms with van der Waals surface area (Å²) in [4.78, 5) is 0. The second-order valence-corrected chi connectivity index (χ2v) is 11.5. The lowest BCUT2D eigenvalue weighted by Gasteiger charge is -2.39. The van der Waals surface area contributed by atoms with Crippen LogP contribution >= 0.6 is 0 Å². The normalized spacial score (nSPS) is 19.8. The molecule has 4 heteroatoms. The number of hydrogen-bond acceptors (Lipinski definition) is 4. The molecule has 0 radical (unpaired) electrons. The average molecular weight is 557 g/mol. The van der Waals surface area contributed by atoms with Gasteiger partial charge in [-0.3, -0.25) is 5.43 Å². The van der Waals surface area contributed by atoms with E-state index in [0.717, 1.165) is 40.2 Å². The van der Waals surface area contributed by atoms with Gasteiger partial charge in [0, 0.05) is 22.6 Å². The lowest BCUT2D eigenvalue weighted by Crippen LogP contribution is -2.32. The highest BCUT2D eigenvalue weighted by atomic mass is 16.5. The van der Waals surface area contributed by atoms with E-state index in [0.29, 0.717) is 5.90 Å². The van der Waals surface area contributed by atoms with Gasteiger partial charge < -0.3 is 9.47 Å². The fourth-order valence-corrected chi connectivity index (χ4v) is 7.31. The Balaban J connectivity index is 1.14. The molecule has 0 amide bonds. The van der Waals surface area contributed by atoms with Gasteiger partial charge in [0.05, 0.1) is 5.41 Å². The van der Waals surface area contributed by atoms with Crippen LogP contribution in [0.25, 0.3) is 22.3 Å². The molecule has 2 atom stereocenters. The van der Waals surface area contributed by atoms with E-state index >= 15 is 0 Å². The van der Waals surface area contributed by atoms with Gasteiger partial charge in [-0.2, -0.15) is 0 Å². The van der Waals surface area contributed by atoms with E-state index < -0.39 is 5.41 Å². The number of hydrogen-bond donors (Lipinski definition) is 1. The first-order chi connectivity index (χ1) is 21.3. The van der Waals surface area contributed by atoms with Crippen LogP contribution in [-0.2, 0) is 10.2 Å². The second-order valence-electron chi connectivity index (χ2n) is 11.5. The fourth-order valence-electron chi connectivity index (χ4n) is 7.31. The molecule has 1 spiro atoms. The van der Waals surface area contributed by atoms with Gasteiger partial charge in [0.1, 0.15) is 11.5 Å². The number of hydrazone groups is 1. The standard InChI is InChI=1S/C39H28N2O2/c1-2-11-25(12-3-1)37-40-41-38(43-37)28-14-10-13-26(23-28)27-21-22-34-36(24-27)42-35-20-9-8-19-33(35)39(34)31-17-6-4-15-29(31)30-16-5-7-18-32(30)39/h1-11,13-25,37,40H,12H2. The molecule has 2 aliphatic carbocycles. The molecular weight excluding hydrogens is 528 g/mol. The Bertz CT molecular complexity index is 1970. The van der Waals surface area contributed by atoms with Crippen LogP contribution < -0.4 is 10.2 Å². The van der Waals surface area contributed by atoms with Crippen molar-refractivity contribution in [3.8, 4) is 33.8 Å². The molecule has 0 saturated carbocycles. The van der Waals surface area contributed by atoms with Gasteiger partial charge in [-0.15, -0.1) is 5.10 Å². The third kappa shape index (κ3) is 3.53. The maximum absolute atomic E-state index is 6.70. The van der Waals surface area contributed by atoms with Crippen LogP contribution in [0.4, 0.5) is 0 Å². The van der Waals surface area contributed by atoms with Gasteiger partial charge in [0.15, 0.2) is 6.23 Å². The van der Waals surface area contributed by atoms with Crippen molar-refractivity contribution in [3.63, 3.8) is 0 Å². The van der Waals surface area contributed by atoms with E-state index in [-0.39, 0.29) is 12.1 Å². The Morgan fingerprint density at radius 1 is 0.628 bits per heavy atom. The van der Waals surface area contributed by atoms with Crippen molar-refractivity contribution in [2.24, 2.45) is 11.0 Å². The molecule has 5 aromatic carbocycles. The van der Waals surface area contributed by atoms with Crippen molar-refractivity contribution in [2.45, 2.75) is 18.1 Å². The Hall–Kier alpha value is -5.35. The topological polar surface area (TPSA) is 42.9 Å². The van der Waals surface area contributed by atoms with Crippen LogP contribution in [0.5, 0.6) is 11.5 Å². The first-order valence-electron chi connectivity index (χ1n) is 14.9. The van der Waals surface area contributed by atoms with Crippen molar-refractivity contribution < 1.29 is 9.47 Å².